The van der Waals surface area contributed by atoms with Gasteiger partial charge in [-0.1, -0.05) is 5.21 Å². The Labute approximate surface area is 154 Å². The summed E-state index contributed by atoms with van der Waals surface area (Å²) in [6.45, 7) is 2.28. The number of fused-ring (bicyclic) bond motifs is 1. The minimum Gasteiger partial charge on any atom is -0.465 e. The smallest absolute Gasteiger partial charge is 0.460 e. The molecule has 0 unspecified atom stereocenters. The van der Waals surface area contributed by atoms with Crippen molar-refractivity contribution in [3.8, 4) is 0 Å². The van der Waals surface area contributed by atoms with Crippen molar-refractivity contribution in [2.75, 3.05) is 39.8 Å². The number of nitrogens with zero attached hydrogens (tertiary/aromatic N) is 5. The Morgan fingerprint density at radius 2 is 1.85 bits per heavy atom. The van der Waals surface area contributed by atoms with Gasteiger partial charge in [-0.3, -0.25) is 0 Å². The van der Waals surface area contributed by atoms with Crippen molar-refractivity contribution in [2.45, 2.75) is 25.7 Å². The van der Waals surface area contributed by atoms with Crippen LogP contribution in [0.15, 0.2) is 18.2 Å². The zero-order valence-corrected chi connectivity index (χ0v) is 15.1. The first-order chi connectivity index (χ1) is 12.9. The maximum atomic E-state index is 12.6. The van der Waals surface area contributed by atoms with Crippen molar-refractivity contribution in [1.29, 1.82) is 0 Å². The van der Waals surface area contributed by atoms with E-state index in [4.69, 9.17) is 4.74 Å². The lowest BCUT2D eigenvalue weighted by molar-refractivity contribution is -0.252. The first kappa shape index (κ1) is 19.6. The van der Waals surface area contributed by atoms with Gasteiger partial charge in [0.15, 0.2) is 0 Å². The Bertz CT molecular complexity index is 784. The first-order valence-electron chi connectivity index (χ1n) is 8.84. The van der Waals surface area contributed by atoms with E-state index in [0.29, 0.717) is 35.6 Å². The van der Waals surface area contributed by atoms with Crippen LogP contribution >= 0.6 is 0 Å². The van der Waals surface area contributed by atoms with Gasteiger partial charge in [-0.15, -0.1) is 5.10 Å². The highest BCUT2D eigenvalue weighted by atomic mass is 19.4. The number of piperazine rings is 1. The molecule has 2 heterocycles. The Kier molecular flexibility index (Phi) is 5.95. The molecule has 148 valence electrons. The fourth-order valence-corrected chi connectivity index (χ4v) is 3.20. The number of hydrogen-bond acceptors (Lipinski definition) is 6. The second kappa shape index (κ2) is 8.22. The Morgan fingerprint density at radius 1 is 1.15 bits per heavy atom. The summed E-state index contributed by atoms with van der Waals surface area (Å²) in [5.74, 6) is -0.414. The molecule has 1 saturated heterocycles. The Balaban J connectivity index is 1.48. The highest BCUT2D eigenvalue weighted by Crippen LogP contribution is 2.22. The number of ether oxygens (including phenoxy) is 1. The van der Waals surface area contributed by atoms with Crippen LogP contribution in [0.25, 0.3) is 11.0 Å². The normalized spacial score (nSPS) is 16.7. The number of carbonyl (C=O) groups excluding carboxylic acids is 1. The number of carbonyl (C=O) groups is 1. The summed E-state index contributed by atoms with van der Waals surface area (Å²) in [5, 5.41) is 8.20. The lowest BCUT2D eigenvalue weighted by Crippen LogP contribution is -2.51. The van der Waals surface area contributed by atoms with Gasteiger partial charge in [-0.05, 0) is 37.6 Å². The molecule has 0 N–H and O–H groups in total. The average molecular weight is 385 g/mol. The van der Waals surface area contributed by atoms with E-state index in [1.165, 1.54) is 7.11 Å². The van der Waals surface area contributed by atoms with E-state index in [1.54, 1.807) is 22.9 Å². The van der Waals surface area contributed by atoms with Crippen molar-refractivity contribution < 1.29 is 22.7 Å². The third-order valence-corrected chi connectivity index (χ3v) is 4.76. The number of alkyl halides is 3. The minimum absolute atomic E-state index is 0.0213. The van der Waals surface area contributed by atoms with Gasteiger partial charge in [0.25, 0.3) is 0 Å². The van der Waals surface area contributed by atoms with Gasteiger partial charge in [-0.2, -0.15) is 13.2 Å². The SMILES string of the molecule is COC(=O)c1ccc2nnn(CCCCN3CCN(C(F)(F)F)CC3)c2c1. The van der Waals surface area contributed by atoms with E-state index in [1.807, 2.05) is 0 Å². The van der Waals surface area contributed by atoms with Crippen LogP contribution in [0, 0.1) is 0 Å². The summed E-state index contributed by atoms with van der Waals surface area (Å²) in [6, 6.07) is 5.08. The van der Waals surface area contributed by atoms with Crippen molar-refractivity contribution in [2.24, 2.45) is 0 Å². The molecular formula is C17H22F3N5O2. The molecule has 27 heavy (non-hydrogen) atoms. The summed E-state index contributed by atoms with van der Waals surface area (Å²) < 4.78 is 44.3. The van der Waals surface area contributed by atoms with Gasteiger partial charge in [0, 0.05) is 32.7 Å². The maximum absolute atomic E-state index is 12.6. The molecule has 7 nitrogen and oxygen atoms in total. The molecule has 1 aliphatic heterocycles. The van der Waals surface area contributed by atoms with Gasteiger partial charge in [0.05, 0.1) is 18.2 Å². The van der Waals surface area contributed by atoms with Gasteiger partial charge >= 0.3 is 12.3 Å². The molecule has 1 aromatic heterocycles. The number of rotatable bonds is 6. The summed E-state index contributed by atoms with van der Waals surface area (Å²) in [6.07, 6.45) is -2.56. The number of halogens is 3. The number of benzene rings is 1. The first-order valence-corrected chi connectivity index (χ1v) is 8.84. The zero-order valence-electron chi connectivity index (χ0n) is 15.1. The van der Waals surface area contributed by atoms with Gasteiger partial charge in [0.1, 0.15) is 5.52 Å². The van der Waals surface area contributed by atoms with Crippen molar-refractivity contribution >= 4 is 17.0 Å². The molecule has 0 saturated carbocycles. The number of aryl methyl sites for hydroxylation is 1. The van der Waals surface area contributed by atoms with Gasteiger partial charge < -0.3 is 9.64 Å². The molecule has 0 amide bonds. The lowest BCUT2D eigenvalue weighted by Gasteiger charge is -2.35. The van der Waals surface area contributed by atoms with E-state index in [2.05, 4.69) is 15.2 Å². The van der Waals surface area contributed by atoms with Gasteiger partial charge in [0.2, 0.25) is 0 Å². The van der Waals surface area contributed by atoms with Crippen LogP contribution in [0.5, 0.6) is 0 Å². The van der Waals surface area contributed by atoms with Crippen molar-refractivity contribution in [3.63, 3.8) is 0 Å². The summed E-state index contributed by atoms with van der Waals surface area (Å²) in [7, 11) is 1.33. The molecule has 0 radical (unpaired) electrons. The standard InChI is InChI=1S/C17H22F3N5O2/c1-27-16(26)13-4-5-14-15(12-13)25(22-21-14)7-3-2-6-23-8-10-24(11-9-23)17(18,19)20/h4-5,12H,2-3,6-11H2,1H3. The predicted octanol–water partition coefficient (Wildman–Crippen LogP) is 2.14. The Hall–Kier alpha value is -2.20. The number of aromatic nitrogens is 3. The average Bonchev–Trinajstić information content (AvgIpc) is 3.06. The summed E-state index contributed by atoms with van der Waals surface area (Å²) >= 11 is 0. The molecule has 10 heteroatoms. The quantitative estimate of drug-likeness (QED) is 0.431. The monoisotopic (exact) mass is 385 g/mol. The highest BCUT2D eigenvalue weighted by molar-refractivity contribution is 5.93. The summed E-state index contributed by atoms with van der Waals surface area (Å²) in [5.41, 5.74) is 1.90. The molecule has 1 fully saturated rings. The molecular weight excluding hydrogens is 363 g/mol. The van der Waals surface area contributed by atoms with Crippen LogP contribution in [0.3, 0.4) is 0 Å². The molecule has 0 spiro atoms. The second-order valence-corrected chi connectivity index (χ2v) is 6.51. The van der Waals surface area contributed by atoms with Crippen molar-refractivity contribution in [1.82, 2.24) is 24.8 Å². The number of esters is 1. The molecule has 1 aromatic carbocycles. The molecule has 2 aromatic rings. The number of hydrogen-bond donors (Lipinski definition) is 0. The number of methoxy groups -OCH3 is 1. The fraction of sp³-hybridized carbons (Fsp3) is 0.588. The molecule has 3 rings (SSSR count). The molecule has 0 atom stereocenters. The Morgan fingerprint density at radius 3 is 2.52 bits per heavy atom. The van der Waals surface area contributed by atoms with Crippen LogP contribution < -0.4 is 0 Å². The van der Waals surface area contributed by atoms with Crippen molar-refractivity contribution in [3.05, 3.63) is 23.8 Å². The summed E-state index contributed by atoms with van der Waals surface area (Å²) in [4.78, 5) is 14.3. The molecule has 0 aliphatic carbocycles. The fourth-order valence-electron chi connectivity index (χ4n) is 3.20. The van der Waals surface area contributed by atoms with E-state index in [0.717, 1.165) is 24.9 Å². The van der Waals surface area contributed by atoms with E-state index in [-0.39, 0.29) is 13.1 Å². The highest BCUT2D eigenvalue weighted by Gasteiger charge is 2.38. The number of unbranched alkanes of at least 4 members (excludes halogenated alkanes) is 1. The van der Waals surface area contributed by atoms with Crippen LogP contribution in [-0.2, 0) is 11.3 Å². The third-order valence-electron chi connectivity index (χ3n) is 4.76. The maximum Gasteiger partial charge on any atom is 0.460 e. The topological polar surface area (TPSA) is 63.5 Å². The van der Waals surface area contributed by atoms with E-state index < -0.39 is 12.3 Å². The van der Waals surface area contributed by atoms with Crippen LogP contribution in [0.2, 0.25) is 0 Å². The minimum atomic E-state index is -4.23. The largest absolute Gasteiger partial charge is 0.465 e. The third kappa shape index (κ3) is 4.75. The van der Waals surface area contributed by atoms with E-state index >= 15 is 0 Å². The second-order valence-electron chi connectivity index (χ2n) is 6.51. The molecule has 1 aliphatic rings. The predicted molar refractivity (Wildman–Crippen MR) is 92.2 cm³/mol. The zero-order chi connectivity index (χ0) is 19.4. The van der Waals surface area contributed by atoms with Crippen LogP contribution in [-0.4, -0.2) is 76.9 Å². The molecule has 0 bridgehead atoms. The van der Waals surface area contributed by atoms with Gasteiger partial charge in [-0.25, -0.2) is 14.4 Å². The van der Waals surface area contributed by atoms with E-state index in [9.17, 15) is 18.0 Å². The van der Waals surface area contributed by atoms with Crippen LogP contribution in [0.4, 0.5) is 13.2 Å². The van der Waals surface area contributed by atoms with Crippen LogP contribution in [0.1, 0.15) is 23.2 Å². The lowest BCUT2D eigenvalue weighted by atomic mass is 10.2.